The molecule has 0 atom stereocenters. The molecular weight excluding hydrogens is 488 g/mol. The fourth-order valence-electron chi connectivity index (χ4n) is 4.29. The number of nitrogens with zero attached hydrogens (tertiary/aromatic N) is 3. The van der Waals surface area contributed by atoms with E-state index in [9.17, 15) is 4.79 Å². The Hall–Kier alpha value is -4.37. The Morgan fingerprint density at radius 1 is 1.00 bits per heavy atom. The topological polar surface area (TPSA) is 87.0 Å². The number of hydrazone groups is 1. The van der Waals surface area contributed by atoms with Gasteiger partial charge >= 0.3 is 0 Å². The number of carbonyl (C=O) groups is 1. The molecule has 5 rings (SSSR count). The van der Waals surface area contributed by atoms with Gasteiger partial charge < -0.3 is 18.8 Å². The van der Waals surface area contributed by atoms with Crippen molar-refractivity contribution >= 4 is 44.6 Å². The number of amides is 1. The number of methoxy groups -OCH3 is 3. The third-order valence-corrected chi connectivity index (χ3v) is 7.08. The molecule has 0 aliphatic carbocycles. The molecule has 8 nitrogen and oxygen atoms in total. The summed E-state index contributed by atoms with van der Waals surface area (Å²) in [6.45, 7) is 0.0734. The lowest BCUT2D eigenvalue weighted by Gasteiger charge is -2.11. The molecule has 0 unspecified atom stereocenters. The van der Waals surface area contributed by atoms with E-state index in [4.69, 9.17) is 19.2 Å². The number of hydrogen-bond acceptors (Lipinski definition) is 7. The first-order valence-electron chi connectivity index (χ1n) is 11.6. The highest BCUT2D eigenvalue weighted by molar-refractivity contribution is 7.21. The molecule has 3 aromatic carbocycles. The van der Waals surface area contributed by atoms with Crippen LogP contribution in [0.25, 0.3) is 21.1 Å². The van der Waals surface area contributed by atoms with E-state index in [-0.39, 0.29) is 12.5 Å². The third-order valence-electron chi connectivity index (χ3n) is 6.00. The van der Waals surface area contributed by atoms with Crippen molar-refractivity contribution < 1.29 is 19.0 Å². The van der Waals surface area contributed by atoms with Crippen molar-refractivity contribution in [2.45, 2.75) is 13.0 Å². The van der Waals surface area contributed by atoms with Crippen LogP contribution in [-0.4, -0.2) is 43.0 Å². The fraction of sp³-hybridized carbons (Fsp3) is 0.179. The van der Waals surface area contributed by atoms with Crippen LogP contribution in [0.5, 0.6) is 17.2 Å². The number of fused-ring (bicyclic) bond motifs is 2. The van der Waals surface area contributed by atoms with Gasteiger partial charge in [0.25, 0.3) is 5.91 Å². The zero-order valence-electron chi connectivity index (χ0n) is 20.7. The van der Waals surface area contributed by atoms with E-state index in [1.54, 1.807) is 38.9 Å². The molecule has 0 radical (unpaired) electrons. The highest BCUT2D eigenvalue weighted by Crippen LogP contribution is 2.36. The molecule has 0 aliphatic rings. The zero-order chi connectivity index (χ0) is 25.8. The second kappa shape index (κ2) is 10.7. The minimum atomic E-state index is -0.256. The highest BCUT2D eigenvalue weighted by atomic mass is 32.1. The van der Waals surface area contributed by atoms with Crippen LogP contribution < -0.4 is 19.6 Å². The van der Waals surface area contributed by atoms with Crippen LogP contribution in [0.2, 0.25) is 0 Å². The average molecular weight is 515 g/mol. The van der Waals surface area contributed by atoms with E-state index in [0.717, 1.165) is 43.1 Å². The van der Waals surface area contributed by atoms with Crippen LogP contribution in [-0.2, 0) is 17.8 Å². The number of para-hydroxylation sites is 2. The molecule has 2 aromatic heterocycles. The zero-order valence-corrected chi connectivity index (χ0v) is 21.5. The lowest BCUT2D eigenvalue weighted by molar-refractivity contribution is -0.121. The van der Waals surface area contributed by atoms with Crippen molar-refractivity contribution in [3.63, 3.8) is 0 Å². The molecule has 9 heteroatoms. The molecule has 1 N–H and O–H groups in total. The first kappa shape index (κ1) is 24.3. The largest absolute Gasteiger partial charge is 0.495 e. The highest BCUT2D eigenvalue weighted by Gasteiger charge is 2.16. The molecule has 0 saturated carbocycles. The molecular formula is C28H26N4O4S. The molecule has 0 spiro atoms. The van der Waals surface area contributed by atoms with Gasteiger partial charge in [0, 0.05) is 16.5 Å². The summed E-state index contributed by atoms with van der Waals surface area (Å²) in [4.78, 5) is 18.6. The van der Waals surface area contributed by atoms with E-state index in [0.29, 0.717) is 17.9 Å². The second-order valence-electron chi connectivity index (χ2n) is 8.26. The van der Waals surface area contributed by atoms with Crippen molar-refractivity contribution in [1.29, 1.82) is 0 Å². The Labute approximate surface area is 218 Å². The number of carbonyl (C=O) groups excluding carboxylic acids is 1. The van der Waals surface area contributed by atoms with E-state index in [1.165, 1.54) is 0 Å². The van der Waals surface area contributed by atoms with Gasteiger partial charge in [-0.3, -0.25) is 4.79 Å². The maximum absolute atomic E-state index is 12.9. The van der Waals surface area contributed by atoms with Crippen molar-refractivity contribution in [3.8, 4) is 17.2 Å². The smallest absolute Gasteiger partial charge is 0.260 e. The summed E-state index contributed by atoms with van der Waals surface area (Å²) in [5.74, 6) is 2.56. The molecule has 188 valence electrons. The number of rotatable bonds is 9. The number of imidazole rings is 1. The molecule has 1 amide bonds. The fourth-order valence-corrected chi connectivity index (χ4v) is 5.33. The van der Waals surface area contributed by atoms with Crippen LogP contribution in [0.3, 0.4) is 0 Å². The molecule has 2 heterocycles. The first-order valence-corrected chi connectivity index (χ1v) is 12.5. The third kappa shape index (κ3) is 4.99. The van der Waals surface area contributed by atoms with Gasteiger partial charge in [0.1, 0.15) is 18.1 Å². The predicted molar refractivity (Wildman–Crippen MR) is 146 cm³/mol. The Balaban J connectivity index is 1.37. The van der Waals surface area contributed by atoms with Crippen LogP contribution in [0.1, 0.15) is 16.3 Å². The first-order chi connectivity index (χ1) is 18.1. The number of benzene rings is 3. The Kier molecular flexibility index (Phi) is 7.04. The molecule has 0 fully saturated rings. The number of nitrogens with one attached hydrogen (secondary N) is 1. The van der Waals surface area contributed by atoms with Crippen molar-refractivity contribution in [3.05, 3.63) is 83.0 Å². The number of hydrogen-bond donors (Lipinski definition) is 1. The standard InChI is InChI=1S/C28H26N4O4S/c1-34-22-13-12-18(14-23(22)35-2)15-26-30-20-9-5-6-10-21(20)32(26)17-27(33)31-29-16-25-28(36-3)19-8-4-7-11-24(19)37-25/h4-14,16H,15,17H2,1-3H3,(H,31,33)/b29-16+. The van der Waals surface area contributed by atoms with Gasteiger partial charge in [0.2, 0.25) is 0 Å². The predicted octanol–water partition coefficient (Wildman–Crippen LogP) is 5.02. The molecule has 5 aromatic rings. The van der Waals surface area contributed by atoms with Gasteiger partial charge in [-0.15, -0.1) is 11.3 Å². The van der Waals surface area contributed by atoms with Gasteiger partial charge in [-0.1, -0.05) is 30.3 Å². The van der Waals surface area contributed by atoms with Crippen molar-refractivity contribution in [1.82, 2.24) is 15.0 Å². The summed E-state index contributed by atoms with van der Waals surface area (Å²) < 4.78 is 19.4. The molecule has 0 bridgehead atoms. The molecule has 37 heavy (non-hydrogen) atoms. The number of ether oxygens (including phenoxy) is 3. The average Bonchev–Trinajstić information content (AvgIpc) is 3.45. The van der Waals surface area contributed by atoms with Crippen molar-refractivity contribution in [2.75, 3.05) is 21.3 Å². The minimum Gasteiger partial charge on any atom is -0.495 e. The van der Waals surface area contributed by atoms with Crippen LogP contribution >= 0.6 is 11.3 Å². The van der Waals surface area contributed by atoms with Gasteiger partial charge in [-0.25, -0.2) is 10.4 Å². The van der Waals surface area contributed by atoms with Gasteiger partial charge in [0.05, 0.1) is 43.5 Å². The maximum atomic E-state index is 12.9. The van der Waals surface area contributed by atoms with Gasteiger partial charge in [-0.2, -0.15) is 5.10 Å². The molecule has 0 aliphatic heterocycles. The van der Waals surface area contributed by atoms with E-state index in [2.05, 4.69) is 10.5 Å². The second-order valence-corrected chi connectivity index (χ2v) is 9.34. The van der Waals surface area contributed by atoms with Gasteiger partial charge in [-0.05, 0) is 42.0 Å². The van der Waals surface area contributed by atoms with Crippen molar-refractivity contribution in [2.24, 2.45) is 5.10 Å². The summed E-state index contributed by atoms with van der Waals surface area (Å²) in [6.07, 6.45) is 2.14. The minimum absolute atomic E-state index is 0.0734. The monoisotopic (exact) mass is 514 g/mol. The van der Waals surface area contributed by atoms with Crippen LogP contribution in [0.4, 0.5) is 0 Å². The van der Waals surface area contributed by atoms with Crippen LogP contribution in [0.15, 0.2) is 71.8 Å². The quantitative estimate of drug-likeness (QED) is 0.221. The lowest BCUT2D eigenvalue weighted by atomic mass is 10.1. The Morgan fingerprint density at radius 2 is 1.78 bits per heavy atom. The number of thiophene rings is 1. The van der Waals surface area contributed by atoms with E-state index in [1.807, 2.05) is 71.3 Å². The summed E-state index contributed by atoms with van der Waals surface area (Å²) in [7, 11) is 4.85. The molecule has 0 saturated heterocycles. The summed E-state index contributed by atoms with van der Waals surface area (Å²) in [5, 5.41) is 5.22. The summed E-state index contributed by atoms with van der Waals surface area (Å²) in [6, 6.07) is 21.5. The number of aromatic nitrogens is 2. The summed E-state index contributed by atoms with van der Waals surface area (Å²) >= 11 is 1.56. The lowest BCUT2D eigenvalue weighted by Crippen LogP contribution is -2.24. The Bertz CT molecular complexity index is 1600. The Morgan fingerprint density at radius 3 is 2.59 bits per heavy atom. The SMILES string of the molecule is COc1ccc(Cc2nc3ccccc3n2CC(=O)N/N=C/c2sc3ccccc3c2OC)cc1OC. The maximum Gasteiger partial charge on any atom is 0.260 e. The normalized spacial score (nSPS) is 11.3. The van der Waals surface area contributed by atoms with Gasteiger partial charge in [0.15, 0.2) is 11.5 Å². The summed E-state index contributed by atoms with van der Waals surface area (Å²) in [5.41, 5.74) is 5.34. The van der Waals surface area contributed by atoms with Crippen LogP contribution in [0, 0.1) is 0 Å². The van der Waals surface area contributed by atoms with E-state index < -0.39 is 0 Å². The van der Waals surface area contributed by atoms with E-state index >= 15 is 0 Å².